The van der Waals surface area contributed by atoms with Gasteiger partial charge in [-0.1, -0.05) is 17.7 Å². The molecule has 4 N–H and O–H groups in total. The van der Waals surface area contributed by atoms with Crippen molar-refractivity contribution in [2.45, 2.75) is 30.3 Å². The molecule has 8 nitrogen and oxygen atoms in total. The summed E-state index contributed by atoms with van der Waals surface area (Å²) in [6.45, 7) is 1.14. The number of nitrogens with one attached hydrogen (secondary N) is 4. The first-order valence-electron chi connectivity index (χ1n) is 10.4. The Morgan fingerprint density at radius 3 is 2.50 bits per heavy atom. The molecule has 0 atom stereocenters. The minimum absolute atomic E-state index is 0.000184. The molecule has 168 valence electrons. The standard InChI is InChI=1S/C22H23ClFN5O3/c23-17-5-4-16(7-18(17)24)32-8-19(30)27-21-9-22(10-21,11-21)28-20(31)14-2-1-3-15(6-14)29-12-25-26-13-29/h1-7,25-26H,8-13H2,(H,27,30)(H,28,31). The van der Waals surface area contributed by atoms with Crippen molar-refractivity contribution in [1.82, 2.24) is 21.5 Å². The molecule has 2 bridgehead atoms. The molecule has 1 aliphatic heterocycles. The average Bonchev–Trinajstić information content (AvgIpc) is 3.27. The fourth-order valence-corrected chi connectivity index (χ4v) is 4.92. The van der Waals surface area contributed by atoms with Crippen LogP contribution in [0.4, 0.5) is 10.1 Å². The largest absolute Gasteiger partial charge is 0.484 e. The summed E-state index contributed by atoms with van der Waals surface area (Å²) in [6, 6.07) is 11.6. The number of hydrazine groups is 1. The minimum atomic E-state index is -0.596. The van der Waals surface area contributed by atoms with Crippen molar-refractivity contribution in [3.05, 3.63) is 58.9 Å². The van der Waals surface area contributed by atoms with Crippen LogP contribution in [0.5, 0.6) is 5.75 Å². The van der Waals surface area contributed by atoms with Crippen molar-refractivity contribution >= 4 is 29.1 Å². The molecule has 6 rings (SSSR count). The molecule has 10 heteroatoms. The van der Waals surface area contributed by atoms with E-state index in [0.717, 1.165) is 11.8 Å². The zero-order valence-electron chi connectivity index (χ0n) is 17.2. The van der Waals surface area contributed by atoms with E-state index < -0.39 is 5.82 Å². The Morgan fingerprint density at radius 1 is 1.06 bits per heavy atom. The third kappa shape index (κ3) is 3.99. The summed E-state index contributed by atoms with van der Waals surface area (Å²) in [6.07, 6.45) is 2.06. The van der Waals surface area contributed by atoms with E-state index in [1.807, 2.05) is 18.2 Å². The molecule has 0 unspecified atom stereocenters. The second kappa shape index (κ2) is 7.91. The summed E-state index contributed by atoms with van der Waals surface area (Å²) in [5, 5.41) is 6.12. The van der Waals surface area contributed by atoms with Crippen LogP contribution in [0.2, 0.25) is 5.02 Å². The molecule has 2 amide bonds. The maximum Gasteiger partial charge on any atom is 0.258 e. The fourth-order valence-electron chi connectivity index (χ4n) is 4.80. The summed E-state index contributed by atoms with van der Waals surface area (Å²) >= 11 is 5.64. The van der Waals surface area contributed by atoms with Gasteiger partial charge >= 0.3 is 0 Å². The maximum atomic E-state index is 13.5. The lowest BCUT2D eigenvalue weighted by atomic mass is 9.44. The molecule has 1 heterocycles. The number of amides is 2. The second-order valence-electron chi connectivity index (χ2n) is 8.72. The average molecular weight is 460 g/mol. The van der Waals surface area contributed by atoms with E-state index in [4.69, 9.17) is 16.3 Å². The van der Waals surface area contributed by atoms with Gasteiger partial charge in [-0.25, -0.2) is 15.2 Å². The Labute approximate surface area is 189 Å². The molecular formula is C22H23ClFN5O3. The quantitative estimate of drug-likeness (QED) is 0.505. The zero-order valence-corrected chi connectivity index (χ0v) is 18.0. The van der Waals surface area contributed by atoms with Gasteiger partial charge in [0.25, 0.3) is 11.8 Å². The third-order valence-electron chi connectivity index (χ3n) is 6.21. The molecule has 4 aliphatic rings. The van der Waals surface area contributed by atoms with Crippen LogP contribution in [0.1, 0.15) is 29.6 Å². The van der Waals surface area contributed by atoms with E-state index in [1.165, 1.54) is 12.1 Å². The van der Waals surface area contributed by atoms with Gasteiger partial charge in [-0.2, -0.15) is 0 Å². The van der Waals surface area contributed by atoms with E-state index in [1.54, 1.807) is 6.07 Å². The Bertz CT molecular complexity index is 1060. The van der Waals surface area contributed by atoms with Crippen molar-refractivity contribution in [2.24, 2.45) is 0 Å². The third-order valence-corrected chi connectivity index (χ3v) is 6.52. The first kappa shape index (κ1) is 21.0. The molecule has 0 aromatic heterocycles. The number of hydrogen-bond acceptors (Lipinski definition) is 6. The van der Waals surface area contributed by atoms with Crippen molar-refractivity contribution in [2.75, 3.05) is 24.8 Å². The van der Waals surface area contributed by atoms with Gasteiger partial charge in [-0.15, -0.1) is 0 Å². The molecule has 32 heavy (non-hydrogen) atoms. The molecular weight excluding hydrogens is 437 g/mol. The first-order valence-corrected chi connectivity index (χ1v) is 10.8. The number of carbonyl (C=O) groups excluding carboxylic acids is 2. The van der Waals surface area contributed by atoms with Crippen molar-refractivity contribution in [3.63, 3.8) is 0 Å². The van der Waals surface area contributed by atoms with Gasteiger partial charge in [0.2, 0.25) is 0 Å². The Kier molecular flexibility index (Phi) is 5.19. The predicted molar refractivity (Wildman–Crippen MR) is 117 cm³/mol. The van der Waals surface area contributed by atoms with Crippen LogP contribution < -0.4 is 31.1 Å². The number of rotatable bonds is 7. The Balaban J connectivity index is 1.10. The van der Waals surface area contributed by atoms with E-state index >= 15 is 0 Å². The Hall–Kier alpha value is -2.88. The van der Waals surface area contributed by atoms with Gasteiger partial charge < -0.3 is 20.3 Å². The second-order valence-corrected chi connectivity index (χ2v) is 9.13. The molecule has 2 aromatic carbocycles. The monoisotopic (exact) mass is 459 g/mol. The number of nitrogens with zero attached hydrogens (tertiary/aromatic N) is 1. The lowest BCUT2D eigenvalue weighted by Crippen LogP contribution is -2.84. The molecule has 0 radical (unpaired) electrons. The lowest BCUT2D eigenvalue weighted by Gasteiger charge is -2.70. The van der Waals surface area contributed by atoms with E-state index in [9.17, 15) is 14.0 Å². The highest BCUT2D eigenvalue weighted by Gasteiger charge is 2.69. The van der Waals surface area contributed by atoms with Gasteiger partial charge in [0.15, 0.2) is 6.61 Å². The van der Waals surface area contributed by atoms with Gasteiger partial charge in [-0.05, 0) is 49.6 Å². The van der Waals surface area contributed by atoms with Crippen molar-refractivity contribution < 1.29 is 18.7 Å². The minimum Gasteiger partial charge on any atom is -0.484 e. The van der Waals surface area contributed by atoms with E-state index in [0.29, 0.717) is 38.2 Å². The molecule has 3 aliphatic carbocycles. The topological polar surface area (TPSA) is 94.7 Å². The molecule has 4 fully saturated rings. The number of anilines is 1. The number of ether oxygens (including phenoxy) is 1. The lowest BCUT2D eigenvalue weighted by molar-refractivity contribution is -0.141. The highest BCUT2D eigenvalue weighted by atomic mass is 35.5. The van der Waals surface area contributed by atoms with Gasteiger partial charge in [0.1, 0.15) is 11.6 Å². The van der Waals surface area contributed by atoms with Gasteiger partial charge in [-0.3, -0.25) is 9.59 Å². The maximum absolute atomic E-state index is 13.5. The highest BCUT2D eigenvalue weighted by molar-refractivity contribution is 6.30. The van der Waals surface area contributed by atoms with Crippen LogP contribution in [0.25, 0.3) is 0 Å². The van der Waals surface area contributed by atoms with Crippen LogP contribution in [-0.2, 0) is 4.79 Å². The normalized spacial score (nSPS) is 25.5. The van der Waals surface area contributed by atoms with Crippen LogP contribution in [0.3, 0.4) is 0 Å². The summed E-state index contributed by atoms with van der Waals surface area (Å²) in [5.74, 6) is -0.743. The van der Waals surface area contributed by atoms with E-state index in [-0.39, 0.29) is 40.3 Å². The Morgan fingerprint density at radius 2 is 1.78 bits per heavy atom. The SMILES string of the molecule is O=C(COc1ccc(Cl)c(F)c1)NC12CC(NC(=O)c3cccc(N4CNNC4)c3)(C1)C2. The summed E-state index contributed by atoms with van der Waals surface area (Å²) in [7, 11) is 0. The van der Waals surface area contributed by atoms with Gasteiger partial charge in [0, 0.05) is 28.4 Å². The smallest absolute Gasteiger partial charge is 0.258 e. The van der Waals surface area contributed by atoms with Crippen molar-refractivity contribution in [1.29, 1.82) is 0 Å². The van der Waals surface area contributed by atoms with Crippen LogP contribution in [0, 0.1) is 5.82 Å². The van der Waals surface area contributed by atoms with Crippen LogP contribution in [-0.4, -0.2) is 42.8 Å². The fraction of sp³-hybridized carbons (Fsp3) is 0.364. The first-order chi connectivity index (χ1) is 15.4. The molecule has 1 saturated heterocycles. The van der Waals surface area contributed by atoms with Crippen LogP contribution >= 0.6 is 11.6 Å². The number of halogens is 2. The van der Waals surface area contributed by atoms with Crippen molar-refractivity contribution in [3.8, 4) is 5.75 Å². The molecule has 0 spiro atoms. The molecule has 3 saturated carbocycles. The summed E-state index contributed by atoms with van der Waals surface area (Å²) in [5.41, 5.74) is 7.09. The summed E-state index contributed by atoms with van der Waals surface area (Å²) in [4.78, 5) is 27.1. The van der Waals surface area contributed by atoms with E-state index in [2.05, 4.69) is 26.4 Å². The van der Waals surface area contributed by atoms with Gasteiger partial charge in [0.05, 0.1) is 18.4 Å². The number of carbonyl (C=O) groups is 2. The predicted octanol–water partition coefficient (Wildman–Crippen LogP) is 1.91. The summed E-state index contributed by atoms with van der Waals surface area (Å²) < 4.78 is 18.8. The highest BCUT2D eigenvalue weighted by Crippen LogP contribution is 2.60. The van der Waals surface area contributed by atoms with Crippen LogP contribution in [0.15, 0.2) is 42.5 Å². The number of benzene rings is 2. The number of hydrogen-bond donors (Lipinski definition) is 4. The molecule has 2 aromatic rings. The zero-order chi connectivity index (χ0) is 22.3.